The molecule has 0 saturated carbocycles. The number of carbonyl (C=O) groups excluding carboxylic acids is 1. The molecule has 1 aromatic carbocycles. The Morgan fingerprint density at radius 2 is 2.11 bits per heavy atom. The van der Waals surface area contributed by atoms with Crippen molar-refractivity contribution in [3.8, 4) is 0 Å². The zero-order valence-corrected chi connectivity index (χ0v) is 11.9. The molecule has 1 N–H and O–H groups in total. The van der Waals surface area contributed by atoms with E-state index in [0.29, 0.717) is 12.3 Å². The van der Waals surface area contributed by atoms with Gasteiger partial charge < -0.3 is 9.73 Å². The molecule has 3 heteroatoms. The maximum atomic E-state index is 12.1. The first-order valence-electron chi connectivity index (χ1n) is 6.97. The molecule has 1 amide bonds. The van der Waals surface area contributed by atoms with Crippen LogP contribution in [-0.4, -0.2) is 12.5 Å². The van der Waals surface area contributed by atoms with E-state index in [0.717, 1.165) is 35.8 Å². The van der Waals surface area contributed by atoms with Gasteiger partial charge in [-0.2, -0.15) is 0 Å². The summed E-state index contributed by atoms with van der Waals surface area (Å²) >= 11 is 0. The summed E-state index contributed by atoms with van der Waals surface area (Å²) in [7, 11) is 0. The molecule has 2 rings (SSSR count). The number of benzene rings is 1. The summed E-state index contributed by atoms with van der Waals surface area (Å²) in [6, 6.07) is 6.10. The first-order valence-corrected chi connectivity index (χ1v) is 6.97. The van der Waals surface area contributed by atoms with Crippen molar-refractivity contribution in [1.29, 1.82) is 0 Å². The maximum absolute atomic E-state index is 12.1. The van der Waals surface area contributed by atoms with Gasteiger partial charge in [-0.15, -0.1) is 0 Å². The van der Waals surface area contributed by atoms with Gasteiger partial charge in [-0.05, 0) is 37.5 Å². The third-order valence-corrected chi connectivity index (χ3v) is 3.43. The van der Waals surface area contributed by atoms with Gasteiger partial charge in [0.2, 0.25) is 0 Å². The molecule has 0 bridgehead atoms. The van der Waals surface area contributed by atoms with Gasteiger partial charge in [0.05, 0.1) is 0 Å². The standard InChI is InChI=1S/C16H21NO2/c1-4-6-9-17-16(18)15-11(3)13-10-12(5-2)7-8-14(13)19-15/h7-8,10H,4-6,9H2,1-3H3,(H,17,18). The molecule has 0 aliphatic carbocycles. The number of rotatable bonds is 5. The molecular weight excluding hydrogens is 238 g/mol. The fourth-order valence-electron chi connectivity index (χ4n) is 2.16. The fourth-order valence-corrected chi connectivity index (χ4v) is 2.16. The van der Waals surface area contributed by atoms with Crippen molar-refractivity contribution in [3.63, 3.8) is 0 Å². The van der Waals surface area contributed by atoms with Crippen molar-refractivity contribution < 1.29 is 9.21 Å². The van der Waals surface area contributed by atoms with Crippen LogP contribution in [0.4, 0.5) is 0 Å². The van der Waals surface area contributed by atoms with Gasteiger partial charge >= 0.3 is 0 Å². The van der Waals surface area contributed by atoms with Crippen LogP contribution in [0.25, 0.3) is 11.0 Å². The molecule has 0 unspecified atom stereocenters. The molecule has 3 nitrogen and oxygen atoms in total. The number of carbonyl (C=O) groups is 1. The lowest BCUT2D eigenvalue weighted by molar-refractivity contribution is 0.0927. The van der Waals surface area contributed by atoms with Crippen molar-refractivity contribution in [3.05, 3.63) is 35.1 Å². The SMILES string of the molecule is CCCCNC(=O)c1oc2ccc(CC)cc2c1C. The van der Waals surface area contributed by atoms with Crippen LogP contribution in [0.1, 0.15) is 48.4 Å². The third kappa shape index (κ3) is 2.80. The van der Waals surface area contributed by atoms with E-state index >= 15 is 0 Å². The highest BCUT2D eigenvalue weighted by Gasteiger charge is 2.17. The average molecular weight is 259 g/mol. The quantitative estimate of drug-likeness (QED) is 0.829. The molecule has 0 aliphatic rings. The fraction of sp³-hybridized carbons (Fsp3) is 0.438. The van der Waals surface area contributed by atoms with Gasteiger partial charge in [-0.25, -0.2) is 0 Å². The number of hydrogen-bond acceptors (Lipinski definition) is 2. The van der Waals surface area contributed by atoms with Crippen LogP contribution in [0.5, 0.6) is 0 Å². The Morgan fingerprint density at radius 3 is 2.79 bits per heavy atom. The van der Waals surface area contributed by atoms with Crippen molar-refractivity contribution in [2.45, 2.75) is 40.0 Å². The molecule has 0 spiro atoms. The molecule has 0 aliphatic heterocycles. The van der Waals surface area contributed by atoms with E-state index < -0.39 is 0 Å². The average Bonchev–Trinajstić information content (AvgIpc) is 2.76. The summed E-state index contributed by atoms with van der Waals surface area (Å²) in [5.74, 6) is 0.333. The number of hydrogen-bond donors (Lipinski definition) is 1. The van der Waals surface area contributed by atoms with Crippen LogP contribution in [0.15, 0.2) is 22.6 Å². The molecule has 1 aromatic heterocycles. The van der Waals surface area contributed by atoms with Crippen LogP contribution in [0.3, 0.4) is 0 Å². The molecule has 0 atom stereocenters. The van der Waals surface area contributed by atoms with Gasteiger partial charge in [0.15, 0.2) is 5.76 Å². The van der Waals surface area contributed by atoms with Gasteiger partial charge in [-0.3, -0.25) is 4.79 Å². The van der Waals surface area contributed by atoms with Crippen LogP contribution >= 0.6 is 0 Å². The Labute approximate surface area is 114 Å². The Bertz CT molecular complexity index is 584. The van der Waals surface area contributed by atoms with E-state index in [1.807, 2.05) is 19.1 Å². The monoisotopic (exact) mass is 259 g/mol. The van der Waals surface area contributed by atoms with Gasteiger partial charge in [-0.1, -0.05) is 26.3 Å². The Morgan fingerprint density at radius 1 is 1.32 bits per heavy atom. The number of furan rings is 1. The minimum Gasteiger partial charge on any atom is -0.451 e. The van der Waals surface area contributed by atoms with Crippen molar-refractivity contribution >= 4 is 16.9 Å². The van der Waals surface area contributed by atoms with Crippen LogP contribution < -0.4 is 5.32 Å². The van der Waals surface area contributed by atoms with E-state index in [4.69, 9.17) is 4.42 Å². The summed E-state index contributed by atoms with van der Waals surface area (Å²) in [5, 5.41) is 3.94. The zero-order chi connectivity index (χ0) is 13.8. The van der Waals surface area contributed by atoms with Gasteiger partial charge in [0.1, 0.15) is 5.58 Å². The summed E-state index contributed by atoms with van der Waals surface area (Å²) < 4.78 is 5.68. The highest BCUT2D eigenvalue weighted by atomic mass is 16.3. The van der Waals surface area contributed by atoms with E-state index in [9.17, 15) is 4.79 Å². The molecule has 0 fully saturated rings. The lowest BCUT2D eigenvalue weighted by atomic mass is 10.1. The Balaban J connectivity index is 2.29. The van der Waals surface area contributed by atoms with E-state index in [1.165, 1.54) is 5.56 Å². The lowest BCUT2D eigenvalue weighted by Gasteiger charge is -2.01. The number of fused-ring (bicyclic) bond motifs is 1. The zero-order valence-electron chi connectivity index (χ0n) is 11.9. The summed E-state index contributed by atoms with van der Waals surface area (Å²) in [4.78, 5) is 12.1. The van der Waals surface area contributed by atoms with Crippen molar-refractivity contribution in [2.75, 3.05) is 6.54 Å². The molecular formula is C16H21NO2. The smallest absolute Gasteiger partial charge is 0.287 e. The second-order valence-electron chi connectivity index (χ2n) is 4.85. The third-order valence-electron chi connectivity index (χ3n) is 3.43. The molecule has 19 heavy (non-hydrogen) atoms. The molecule has 0 saturated heterocycles. The Kier molecular flexibility index (Phi) is 4.25. The second-order valence-corrected chi connectivity index (χ2v) is 4.85. The number of unbranched alkanes of at least 4 members (excludes halogenated alkanes) is 1. The van der Waals surface area contributed by atoms with Gasteiger partial charge in [0.25, 0.3) is 5.91 Å². The van der Waals surface area contributed by atoms with Crippen molar-refractivity contribution in [2.24, 2.45) is 0 Å². The predicted octanol–water partition coefficient (Wildman–Crippen LogP) is 3.83. The first-order chi connectivity index (χ1) is 9.17. The first kappa shape index (κ1) is 13.7. The number of amides is 1. The lowest BCUT2D eigenvalue weighted by Crippen LogP contribution is -2.24. The molecule has 2 aromatic rings. The number of aryl methyl sites for hydroxylation is 2. The summed E-state index contributed by atoms with van der Waals surface area (Å²) in [5.41, 5.74) is 2.98. The summed E-state index contributed by atoms with van der Waals surface area (Å²) in [6.45, 7) is 6.87. The highest BCUT2D eigenvalue weighted by molar-refractivity contribution is 5.99. The molecule has 0 radical (unpaired) electrons. The molecule has 1 heterocycles. The topological polar surface area (TPSA) is 42.2 Å². The predicted molar refractivity (Wildman–Crippen MR) is 77.6 cm³/mol. The second kappa shape index (κ2) is 5.91. The highest BCUT2D eigenvalue weighted by Crippen LogP contribution is 2.26. The Hall–Kier alpha value is -1.77. The largest absolute Gasteiger partial charge is 0.451 e. The van der Waals surface area contributed by atoms with Crippen LogP contribution in [0, 0.1) is 6.92 Å². The van der Waals surface area contributed by atoms with Crippen LogP contribution in [0.2, 0.25) is 0 Å². The van der Waals surface area contributed by atoms with E-state index in [1.54, 1.807) is 0 Å². The van der Waals surface area contributed by atoms with Crippen LogP contribution in [-0.2, 0) is 6.42 Å². The molecule has 102 valence electrons. The number of nitrogens with one attached hydrogen (secondary N) is 1. The maximum Gasteiger partial charge on any atom is 0.287 e. The summed E-state index contributed by atoms with van der Waals surface area (Å²) in [6.07, 6.45) is 3.04. The van der Waals surface area contributed by atoms with Gasteiger partial charge in [0, 0.05) is 17.5 Å². The van der Waals surface area contributed by atoms with E-state index in [-0.39, 0.29) is 5.91 Å². The normalized spacial score (nSPS) is 10.9. The van der Waals surface area contributed by atoms with Crippen molar-refractivity contribution in [1.82, 2.24) is 5.32 Å². The van der Waals surface area contributed by atoms with E-state index in [2.05, 4.69) is 25.2 Å². The minimum absolute atomic E-state index is 0.111. The minimum atomic E-state index is -0.111.